The normalized spacial score (nSPS) is 13.6. The quantitative estimate of drug-likeness (QED) is 0.162. The summed E-state index contributed by atoms with van der Waals surface area (Å²) in [6.45, 7) is 7.97. The number of nitrogens with zero attached hydrogens (tertiary/aromatic N) is 9. The Balaban J connectivity index is 0.0000000998. The van der Waals surface area contributed by atoms with Crippen LogP contribution in [-0.2, 0) is 9.31 Å². The largest absolute Gasteiger partial charge is 0.508 e. The van der Waals surface area contributed by atoms with E-state index >= 15 is 0 Å². The summed E-state index contributed by atoms with van der Waals surface area (Å²) in [4.78, 5) is 14.8. The van der Waals surface area contributed by atoms with Crippen LogP contribution in [0.5, 0.6) is 11.5 Å². The second-order valence-corrected chi connectivity index (χ2v) is 26.1. The summed E-state index contributed by atoms with van der Waals surface area (Å²) in [6.07, 6.45) is 0. The van der Waals surface area contributed by atoms with Crippen molar-refractivity contribution in [2.24, 2.45) is 0 Å². The topological polar surface area (TPSA) is 139 Å². The first kappa shape index (κ1) is 59.1. The zero-order chi connectivity index (χ0) is 65.7. The van der Waals surface area contributed by atoms with Crippen LogP contribution in [0.25, 0.3) is 134 Å². The van der Waals surface area contributed by atoms with Gasteiger partial charge in [-0.2, -0.15) is 0 Å². The predicted octanol–water partition coefficient (Wildman–Crippen LogP) is 19.0. The third-order valence-corrected chi connectivity index (χ3v) is 19.3. The van der Waals surface area contributed by atoms with E-state index in [9.17, 15) is 10.2 Å². The summed E-state index contributed by atoms with van der Waals surface area (Å²) in [5, 5.41) is 22.3. The van der Waals surface area contributed by atoms with E-state index in [2.05, 4.69) is 207 Å². The van der Waals surface area contributed by atoms with Gasteiger partial charge in [0, 0.05) is 49.4 Å². The van der Waals surface area contributed by atoms with Gasteiger partial charge in [-0.25, -0.2) is 15.0 Å². The molecule has 7 aromatic heterocycles. The standard InChI is InChI=1S/C25H15N3O.C25H17N3O.C19H12BrN3.C12H17BO3/c1-2-8-16(9-3-1)27-22-15-24-18(17-10-4-7-13-23(17)29-24)14-21(22)28-20-12-6-5-11-19(20)26-25(27)28;29-24-13-7-4-10-19(24)17-14-15-22-23(16-17)28-21-12-6-5-11-20(21)26-25(28)27(22)18-8-2-1-3-9-18;20-13-10-11-17-18(12-13)23-16-9-5-4-8-15(16)21-19(23)22(17)14-6-2-1-3-7-14;1-11(2)12(3,4)16-13(15-11)9-7-5-6-8-10(9)14/h1-15H;1-16,29H;1-12H;5-8,14H,1-4H3. The van der Waals surface area contributed by atoms with E-state index in [1.165, 1.54) is 0 Å². The fourth-order valence-electron chi connectivity index (χ4n) is 13.4. The van der Waals surface area contributed by atoms with Crippen molar-refractivity contribution in [2.45, 2.75) is 38.9 Å². The molecule has 2 N–H and O–H groups in total. The van der Waals surface area contributed by atoms with Gasteiger partial charge in [-0.1, -0.05) is 168 Å². The molecule has 1 fully saturated rings. The molecule has 0 atom stereocenters. The molecule has 19 aromatic rings. The lowest BCUT2D eigenvalue weighted by molar-refractivity contribution is 0.00578. The highest BCUT2D eigenvalue weighted by atomic mass is 79.9. The number of halogens is 1. The molecule has 8 heterocycles. The van der Waals surface area contributed by atoms with Crippen molar-refractivity contribution < 1.29 is 23.9 Å². The van der Waals surface area contributed by atoms with E-state index < -0.39 is 7.12 Å². The fourth-order valence-corrected chi connectivity index (χ4v) is 13.8. The molecule has 0 saturated carbocycles. The molecular formula is C81H61BBrN9O5. The maximum absolute atomic E-state index is 10.3. The average molecular weight is 1330 g/mol. The first-order chi connectivity index (χ1) is 47.4. The Morgan fingerprint density at radius 3 is 1.30 bits per heavy atom. The van der Waals surface area contributed by atoms with Crippen LogP contribution < -0.4 is 5.46 Å². The lowest BCUT2D eigenvalue weighted by Crippen LogP contribution is -2.41. The molecule has 470 valence electrons. The van der Waals surface area contributed by atoms with Crippen LogP contribution in [0, 0.1) is 0 Å². The van der Waals surface area contributed by atoms with Crippen molar-refractivity contribution in [1.82, 2.24) is 41.9 Å². The first-order valence-electron chi connectivity index (χ1n) is 32.2. The van der Waals surface area contributed by atoms with Crippen molar-refractivity contribution in [3.8, 4) is 39.7 Å². The summed E-state index contributed by atoms with van der Waals surface area (Å²) in [7, 11) is -0.494. The van der Waals surface area contributed by atoms with Crippen LogP contribution in [-0.4, -0.2) is 70.4 Å². The molecule has 97 heavy (non-hydrogen) atoms. The van der Waals surface area contributed by atoms with Crippen LogP contribution in [0.2, 0.25) is 0 Å². The number of furan rings is 1. The maximum atomic E-state index is 10.3. The number of aromatic hydroxyl groups is 2. The van der Waals surface area contributed by atoms with Gasteiger partial charge in [-0.15, -0.1) is 0 Å². The number of benzene rings is 12. The minimum Gasteiger partial charge on any atom is -0.508 e. The Morgan fingerprint density at radius 1 is 0.351 bits per heavy atom. The second-order valence-electron chi connectivity index (χ2n) is 25.2. The molecule has 1 aliphatic heterocycles. The van der Waals surface area contributed by atoms with Crippen molar-refractivity contribution in [1.29, 1.82) is 0 Å². The highest BCUT2D eigenvalue weighted by Crippen LogP contribution is 2.40. The van der Waals surface area contributed by atoms with E-state index in [0.717, 1.165) is 138 Å². The van der Waals surface area contributed by atoms with Crippen LogP contribution >= 0.6 is 15.9 Å². The lowest BCUT2D eigenvalue weighted by atomic mass is 9.78. The third-order valence-electron chi connectivity index (χ3n) is 18.8. The average Bonchev–Trinajstić information content (AvgIpc) is 1.57. The Hall–Kier alpha value is -11.7. The van der Waals surface area contributed by atoms with Gasteiger partial charge in [0.05, 0.1) is 77.4 Å². The van der Waals surface area contributed by atoms with Gasteiger partial charge >= 0.3 is 7.12 Å². The molecule has 1 saturated heterocycles. The van der Waals surface area contributed by atoms with Crippen molar-refractivity contribution in [3.63, 3.8) is 0 Å². The third kappa shape index (κ3) is 9.98. The number of fused-ring (bicyclic) bond motifs is 18. The highest BCUT2D eigenvalue weighted by Gasteiger charge is 2.52. The molecule has 14 nitrogen and oxygen atoms in total. The monoisotopic (exact) mass is 1330 g/mol. The Morgan fingerprint density at radius 2 is 0.773 bits per heavy atom. The minimum atomic E-state index is -0.494. The van der Waals surface area contributed by atoms with E-state index in [1.807, 2.05) is 131 Å². The van der Waals surface area contributed by atoms with Gasteiger partial charge in [0.15, 0.2) is 0 Å². The number of hydrogen-bond donors (Lipinski definition) is 2. The number of imidazole rings is 6. The highest BCUT2D eigenvalue weighted by molar-refractivity contribution is 9.10. The van der Waals surface area contributed by atoms with E-state index in [-0.39, 0.29) is 22.7 Å². The van der Waals surface area contributed by atoms with Crippen molar-refractivity contribution >= 4 is 134 Å². The number of rotatable bonds is 5. The van der Waals surface area contributed by atoms with Crippen LogP contribution in [0.3, 0.4) is 0 Å². The molecular weight excluding hydrogens is 1270 g/mol. The zero-order valence-corrected chi connectivity index (χ0v) is 54.8. The van der Waals surface area contributed by atoms with E-state index in [0.29, 0.717) is 5.46 Å². The number of para-hydroxylation sites is 12. The molecule has 20 rings (SSSR count). The van der Waals surface area contributed by atoms with Gasteiger partial charge < -0.3 is 23.9 Å². The molecule has 1 aliphatic rings. The second kappa shape index (κ2) is 23.4. The smallest absolute Gasteiger partial charge is 0.498 e. The Bertz CT molecular complexity index is 6210. The summed E-state index contributed by atoms with van der Waals surface area (Å²) in [5.74, 6) is 3.21. The summed E-state index contributed by atoms with van der Waals surface area (Å²) in [5.41, 5.74) is 19.7. The summed E-state index contributed by atoms with van der Waals surface area (Å²) < 4.78 is 32.2. The summed E-state index contributed by atoms with van der Waals surface area (Å²) >= 11 is 3.59. The van der Waals surface area contributed by atoms with E-state index in [1.54, 1.807) is 18.2 Å². The van der Waals surface area contributed by atoms with Gasteiger partial charge in [0.1, 0.15) is 22.7 Å². The molecule has 12 aromatic carbocycles. The molecule has 0 radical (unpaired) electrons. The number of aromatic nitrogens is 9. The first-order valence-corrected chi connectivity index (χ1v) is 32.9. The van der Waals surface area contributed by atoms with Gasteiger partial charge in [0.2, 0.25) is 17.3 Å². The van der Waals surface area contributed by atoms with Crippen molar-refractivity contribution in [2.75, 3.05) is 0 Å². The zero-order valence-electron chi connectivity index (χ0n) is 53.2. The lowest BCUT2D eigenvalue weighted by Gasteiger charge is -2.32. The SMILES string of the molecule is Brc1ccc2c(c1)n1c3ccccc3nc1n2-c1ccccc1.CC1(C)OB(c2ccccc2O)OC1(C)C.Oc1ccccc1-c1ccc2c(c1)n1c3ccccc3nc1n2-c1ccccc1.c1ccc(-n2c3cc4oc5ccccc5c4cc3n3c4ccccc4nc23)cc1. The maximum Gasteiger partial charge on any atom is 0.498 e. The van der Waals surface area contributed by atoms with Crippen molar-refractivity contribution in [3.05, 3.63) is 290 Å². The molecule has 0 unspecified atom stereocenters. The molecule has 0 amide bonds. The molecule has 0 bridgehead atoms. The van der Waals surface area contributed by atoms with Crippen LogP contribution in [0.1, 0.15) is 27.7 Å². The summed E-state index contributed by atoms with van der Waals surface area (Å²) in [6, 6.07) is 95.5. The van der Waals surface area contributed by atoms with Crippen LogP contribution in [0.15, 0.2) is 294 Å². The minimum absolute atomic E-state index is 0.209. The predicted molar refractivity (Wildman–Crippen MR) is 394 cm³/mol. The Kier molecular flexibility index (Phi) is 14.2. The van der Waals surface area contributed by atoms with E-state index in [4.69, 9.17) is 28.7 Å². The van der Waals surface area contributed by atoms with Crippen LogP contribution in [0.4, 0.5) is 0 Å². The number of hydrogen-bond acceptors (Lipinski definition) is 8. The van der Waals surface area contributed by atoms with Gasteiger partial charge in [-0.3, -0.25) is 26.9 Å². The molecule has 16 heteroatoms. The fraction of sp³-hybridized carbons (Fsp3) is 0.0741. The molecule has 0 spiro atoms. The van der Waals surface area contributed by atoms with Gasteiger partial charge in [-0.05, 0) is 161 Å². The number of phenolic OH excluding ortho intramolecular Hbond substituents is 2. The van der Waals surface area contributed by atoms with Gasteiger partial charge in [0.25, 0.3) is 0 Å². The Labute approximate surface area is 564 Å². The number of phenols is 2. The molecule has 0 aliphatic carbocycles.